The van der Waals surface area contributed by atoms with Crippen molar-refractivity contribution in [2.45, 2.75) is 76.7 Å². The van der Waals surface area contributed by atoms with Crippen LogP contribution in [0.1, 0.15) is 57.7 Å². The van der Waals surface area contributed by atoms with E-state index >= 15 is 0 Å². The van der Waals surface area contributed by atoms with Crippen LogP contribution < -0.4 is 4.90 Å². The van der Waals surface area contributed by atoms with Crippen molar-refractivity contribution in [2.75, 3.05) is 44.2 Å². The van der Waals surface area contributed by atoms with Crippen LogP contribution in [0.2, 0.25) is 10.0 Å². The first kappa shape index (κ1) is 31.0. The third kappa shape index (κ3) is 5.35. The Bertz CT molecular complexity index is 1630. The van der Waals surface area contributed by atoms with Crippen LogP contribution in [0.15, 0.2) is 24.9 Å². The van der Waals surface area contributed by atoms with Crippen LogP contribution in [-0.2, 0) is 4.79 Å². The van der Waals surface area contributed by atoms with E-state index in [1.165, 1.54) is 6.08 Å². The van der Waals surface area contributed by atoms with Gasteiger partial charge in [0.25, 0.3) is 0 Å². The lowest BCUT2D eigenvalue weighted by molar-refractivity contribution is -0.149. The lowest BCUT2D eigenvalue weighted by Gasteiger charge is -2.58. The summed E-state index contributed by atoms with van der Waals surface area (Å²) in [4.78, 5) is 18.5. The molecule has 1 spiro atoms. The molecule has 3 atom stereocenters. The summed E-state index contributed by atoms with van der Waals surface area (Å²) in [5.74, 6) is 1.26. The highest BCUT2D eigenvalue weighted by atomic mass is 35.5. The highest BCUT2D eigenvalue weighted by Gasteiger charge is 2.54. The van der Waals surface area contributed by atoms with Gasteiger partial charge >= 0.3 is 0 Å². The average Bonchev–Trinajstić information content (AvgIpc) is 3.51. The lowest BCUT2D eigenvalue weighted by atomic mass is 9.60. The second kappa shape index (κ2) is 11.2. The normalized spacial score (nSPS) is 26.7. The summed E-state index contributed by atoms with van der Waals surface area (Å²) in [6.45, 7) is 14.3. The Hall–Kier alpha value is -2.66. The van der Waals surface area contributed by atoms with Crippen LogP contribution in [0.25, 0.3) is 22.0 Å². The summed E-state index contributed by atoms with van der Waals surface area (Å²) >= 11 is 13.7. The number of aromatic amines is 1. The van der Waals surface area contributed by atoms with Crippen molar-refractivity contribution < 1.29 is 14.3 Å². The van der Waals surface area contributed by atoms with E-state index in [0.29, 0.717) is 29.1 Å². The zero-order valence-electron chi connectivity index (χ0n) is 26.2. The van der Waals surface area contributed by atoms with Crippen LogP contribution in [0.4, 0.5) is 10.2 Å². The maximum atomic E-state index is 14.2. The number of likely N-dealkylation sites (tertiary alicyclic amines) is 2. The molecule has 4 aliphatic rings. The molecule has 0 radical (unpaired) electrons. The number of benzene rings is 1. The van der Waals surface area contributed by atoms with Crippen LogP contribution in [0.5, 0.6) is 0 Å². The third-order valence-electron chi connectivity index (χ3n) is 10.7. The number of aromatic nitrogens is 4. The number of hydrogen-bond acceptors (Lipinski definition) is 6. The van der Waals surface area contributed by atoms with Crippen molar-refractivity contribution in [3.63, 3.8) is 0 Å². The molecule has 3 aromatic rings. The number of fused-ring (bicyclic) bond motifs is 1. The van der Waals surface area contributed by atoms with Gasteiger partial charge < -0.3 is 14.9 Å². The summed E-state index contributed by atoms with van der Waals surface area (Å²) in [5, 5.41) is 24.7. The van der Waals surface area contributed by atoms with Gasteiger partial charge in [0.15, 0.2) is 5.82 Å². The molecule has 242 valence electrons. The van der Waals surface area contributed by atoms with E-state index < -0.39 is 12.3 Å². The summed E-state index contributed by atoms with van der Waals surface area (Å²) in [6.07, 6.45) is 5.61. The number of carbonyl (C=O) groups is 1. The van der Waals surface area contributed by atoms with Gasteiger partial charge in [0, 0.05) is 78.9 Å². The van der Waals surface area contributed by atoms with Crippen LogP contribution in [0.3, 0.4) is 0 Å². The number of nitrogens with zero attached hydrogens (tertiary/aromatic N) is 6. The van der Waals surface area contributed by atoms with Crippen molar-refractivity contribution in [3.05, 3.63) is 40.7 Å². The smallest absolute Gasteiger partial charge is 0.245 e. The minimum Gasteiger partial charge on any atom is -0.392 e. The number of H-pyrrole nitrogens is 1. The Labute approximate surface area is 273 Å². The Morgan fingerprint density at radius 3 is 2.67 bits per heavy atom. The van der Waals surface area contributed by atoms with Gasteiger partial charge in [0.05, 0.1) is 33.9 Å². The quantitative estimate of drug-likeness (QED) is 0.326. The molecular formula is C33H42Cl2FN7O2. The molecule has 45 heavy (non-hydrogen) atoms. The Kier molecular flexibility index (Phi) is 7.74. The molecule has 2 aromatic heterocycles. The van der Waals surface area contributed by atoms with Gasteiger partial charge in [-0.15, -0.1) is 0 Å². The Balaban J connectivity index is 1.21. The number of aliphatic hydroxyl groups is 1. The van der Waals surface area contributed by atoms with E-state index in [2.05, 4.69) is 52.0 Å². The molecule has 5 heterocycles. The molecule has 3 aliphatic heterocycles. The molecule has 0 bridgehead atoms. The first-order valence-corrected chi connectivity index (χ1v) is 16.8. The molecule has 1 aromatic carbocycles. The molecule has 1 saturated carbocycles. The number of amides is 1. The van der Waals surface area contributed by atoms with Gasteiger partial charge in [-0.05, 0) is 64.5 Å². The van der Waals surface area contributed by atoms with Crippen LogP contribution >= 0.6 is 23.2 Å². The number of alkyl halides is 1. The Morgan fingerprint density at radius 1 is 1.22 bits per heavy atom. The van der Waals surface area contributed by atoms with Crippen molar-refractivity contribution >= 4 is 45.8 Å². The van der Waals surface area contributed by atoms with Gasteiger partial charge in [-0.2, -0.15) is 10.2 Å². The van der Waals surface area contributed by atoms with E-state index in [-0.39, 0.29) is 29.3 Å². The number of piperidine rings is 2. The van der Waals surface area contributed by atoms with Crippen molar-refractivity contribution in [2.24, 2.45) is 11.3 Å². The number of hydrogen-bond donors (Lipinski definition) is 2. The van der Waals surface area contributed by atoms with Gasteiger partial charge in [0.2, 0.25) is 5.91 Å². The highest BCUT2D eigenvalue weighted by molar-refractivity contribution is 6.45. The first-order valence-electron chi connectivity index (χ1n) is 16.0. The minimum absolute atomic E-state index is 0.00439. The van der Waals surface area contributed by atoms with Gasteiger partial charge in [0.1, 0.15) is 6.17 Å². The zero-order chi connectivity index (χ0) is 31.8. The van der Waals surface area contributed by atoms with E-state index in [0.717, 1.165) is 85.4 Å². The van der Waals surface area contributed by atoms with E-state index in [9.17, 15) is 14.3 Å². The second-order valence-electron chi connectivity index (χ2n) is 14.6. The second-order valence-corrected chi connectivity index (χ2v) is 15.4. The molecule has 3 saturated heterocycles. The minimum atomic E-state index is -0.977. The summed E-state index contributed by atoms with van der Waals surface area (Å²) in [6, 6.07) is 2.03. The predicted molar refractivity (Wildman–Crippen MR) is 176 cm³/mol. The number of carbonyl (C=O) groups excluding carboxylic acids is 1. The highest BCUT2D eigenvalue weighted by Crippen LogP contribution is 2.56. The number of rotatable bonds is 6. The molecule has 1 aliphatic carbocycles. The van der Waals surface area contributed by atoms with Gasteiger partial charge in [-0.25, -0.2) is 4.39 Å². The molecule has 7 rings (SSSR count). The van der Waals surface area contributed by atoms with Gasteiger partial charge in [-0.3, -0.25) is 19.5 Å². The van der Waals surface area contributed by atoms with Crippen molar-refractivity contribution in [1.82, 2.24) is 29.8 Å². The molecule has 12 heteroatoms. The van der Waals surface area contributed by atoms with Crippen LogP contribution in [-0.4, -0.2) is 97.9 Å². The standard InChI is InChI=1S/C33H42Cl2FN7O2/c1-5-27(45)41-17-33(18-41)11-22(12-33)43-19(2)28(29-24-13-37-38-26(24)9-25(34)30(29)35)31(39-43)42-7-6-20(10-32(42,3)4)14-40-15-21(36)8-23(44)16-40/h5,9,13,20-23,44H,1,6-8,10-12,14-18H2,2-4H3,(H,37,38)/t20-,21-,23-/m1/s1. The maximum Gasteiger partial charge on any atom is 0.245 e. The molecule has 4 fully saturated rings. The fourth-order valence-corrected chi connectivity index (χ4v) is 9.18. The summed E-state index contributed by atoms with van der Waals surface area (Å²) < 4.78 is 16.4. The SMILES string of the molecule is C=CC(=O)N1CC2(CC(n3nc(N4CC[C@@H](CN5C[C@H](O)C[C@@H](F)C5)CC4(C)C)c(-c4c(Cl)c(Cl)cc5[nH]ncc45)c3C)C2)C1. The average molecular weight is 659 g/mol. The molecule has 2 N–H and O–H groups in total. The predicted octanol–water partition coefficient (Wildman–Crippen LogP) is 5.79. The number of anilines is 1. The first-order chi connectivity index (χ1) is 21.4. The number of halogens is 3. The zero-order valence-corrected chi connectivity index (χ0v) is 27.7. The Morgan fingerprint density at radius 2 is 1.98 bits per heavy atom. The molecule has 0 unspecified atom stereocenters. The fraction of sp³-hybridized carbons (Fsp3) is 0.606. The topological polar surface area (TPSA) is 93.5 Å². The summed E-state index contributed by atoms with van der Waals surface area (Å²) in [5.41, 5.74) is 3.55. The van der Waals surface area contributed by atoms with Crippen molar-refractivity contribution in [3.8, 4) is 11.1 Å². The van der Waals surface area contributed by atoms with Crippen molar-refractivity contribution in [1.29, 1.82) is 0 Å². The summed E-state index contributed by atoms with van der Waals surface area (Å²) in [7, 11) is 0. The monoisotopic (exact) mass is 657 g/mol. The van der Waals surface area contributed by atoms with E-state index in [4.69, 9.17) is 28.3 Å². The number of aliphatic hydroxyl groups excluding tert-OH is 1. The van der Waals surface area contributed by atoms with Crippen LogP contribution in [0, 0.1) is 18.3 Å². The largest absolute Gasteiger partial charge is 0.392 e. The fourth-order valence-electron chi connectivity index (χ4n) is 8.73. The number of nitrogens with one attached hydrogen (secondary N) is 1. The molecular weight excluding hydrogens is 616 g/mol. The lowest BCUT2D eigenvalue weighted by Crippen LogP contribution is -2.63. The third-order valence-corrected chi connectivity index (χ3v) is 11.5. The molecule has 9 nitrogen and oxygen atoms in total. The maximum absolute atomic E-state index is 14.2. The van der Waals surface area contributed by atoms with Gasteiger partial charge in [-0.1, -0.05) is 29.8 Å². The number of β-amino-alcohol motifs (C(OH)–C–C–N with tert-alkyl or cyclic N) is 1. The van der Waals surface area contributed by atoms with E-state index in [1.54, 1.807) is 6.20 Å². The molecule has 1 amide bonds. The van der Waals surface area contributed by atoms with E-state index in [1.807, 2.05) is 11.0 Å².